The second kappa shape index (κ2) is 7.93. The maximum Gasteiger partial charge on any atom is 0.313 e. The number of benzene rings is 1. The minimum Gasteiger partial charge on any atom is -0.461 e. The standard InChI is InChI=1S/C17H18N2O3/c1-14(20)11-17(21)22-10-2-3-15-4-6-16(7-5-15)12-19-9-8-18-13-19/h2-9,13H,10-12H2,1H3/b3-2+. The van der Waals surface area contributed by atoms with Crippen LogP contribution in [0.3, 0.4) is 0 Å². The van der Waals surface area contributed by atoms with Crippen molar-refractivity contribution in [2.45, 2.75) is 19.9 Å². The Labute approximate surface area is 129 Å². The molecule has 22 heavy (non-hydrogen) atoms. The Morgan fingerprint density at radius 3 is 2.68 bits per heavy atom. The van der Waals surface area contributed by atoms with E-state index in [0.29, 0.717) is 0 Å². The fraction of sp³-hybridized carbons (Fsp3) is 0.235. The molecular weight excluding hydrogens is 280 g/mol. The van der Waals surface area contributed by atoms with E-state index in [1.165, 1.54) is 12.5 Å². The van der Waals surface area contributed by atoms with Crippen LogP contribution >= 0.6 is 0 Å². The lowest BCUT2D eigenvalue weighted by molar-refractivity contribution is -0.144. The van der Waals surface area contributed by atoms with Crippen molar-refractivity contribution >= 4 is 17.8 Å². The monoisotopic (exact) mass is 298 g/mol. The van der Waals surface area contributed by atoms with E-state index in [1.807, 2.05) is 41.1 Å². The molecule has 0 amide bonds. The van der Waals surface area contributed by atoms with Crippen molar-refractivity contribution in [2.75, 3.05) is 6.61 Å². The molecule has 1 heterocycles. The Morgan fingerprint density at radius 2 is 2.05 bits per heavy atom. The molecule has 0 fully saturated rings. The van der Waals surface area contributed by atoms with E-state index in [-0.39, 0.29) is 18.8 Å². The van der Waals surface area contributed by atoms with Crippen molar-refractivity contribution < 1.29 is 14.3 Å². The number of imidazole rings is 1. The van der Waals surface area contributed by atoms with Crippen LogP contribution in [0.5, 0.6) is 0 Å². The highest BCUT2D eigenvalue weighted by Crippen LogP contribution is 2.08. The molecule has 0 aliphatic heterocycles. The van der Waals surface area contributed by atoms with Crippen molar-refractivity contribution in [3.8, 4) is 0 Å². The Balaban J connectivity index is 1.79. The summed E-state index contributed by atoms with van der Waals surface area (Å²) in [6, 6.07) is 8.09. The van der Waals surface area contributed by atoms with Crippen LogP contribution in [0.15, 0.2) is 49.1 Å². The molecule has 1 aromatic heterocycles. The van der Waals surface area contributed by atoms with Crippen LogP contribution < -0.4 is 0 Å². The van der Waals surface area contributed by atoms with E-state index < -0.39 is 5.97 Å². The summed E-state index contributed by atoms with van der Waals surface area (Å²) >= 11 is 0. The summed E-state index contributed by atoms with van der Waals surface area (Å²) < 4.78 is 6.91. The number of hydrogen-bond acceptors (Lipinski definition) is 4. The lowest BCUT2D eigenvalue weighted by atomic mass is 10.1. The van der Waals surface area contributed by atoms with Gasteiger partial charge in [0.2, 0.25) is 0 Å². The molecule has 0 saturated carbocycles. The topological polar surface area (TPSA) is 61.2 Å². The first-order chi connectivity index (χ1) is 10.6. The van der Waals surface area contributed by atoms with Gasteiger partial charge >= 0.3 is 5.97 Å². The van der Waals surface area contributed by atoms with Crippen molar-refractivity contribution in [3.05, 3.63) is 60.2 Å². The van der Waals surface area contributed by atoms with Gasteiger partial charge in [0.05, 0.1) is 6.33 Å². The van der Waals surface area contributed by atoms with Crippen molar-refractivity contribution in [3.63, 3.8) is 0 Å². The van der Waals surface area contributed by atoms with Gasteiger partial charge in [-0.3, -0.25) is 9.59 Å². The largest absolute Gasteiger partial charge is 0.461 e. The molecule has 2 aromatic rings. The quantitative estimate of drug-likeness (QED) is 0.582. The highest BCUT2D eigenvalue weighted by molar-refractivity contribution is 5.94. The number of rotatable bonds is 7. The number of carbonyl (C=O) groups excluding carboxylic acids is 2. The Bertz CT molecular complexity index is 643. The fourth-order valence-electron chi connectivity index (χ4n) is 1.90. The molecule has 114 valence electrons. The fourth-order valence-corrected chi connectivity index (χ4v) is 1.90. The zero-order chi connectivity index (χ0) is 15.8. The van der Waals surface area contributed by atoms with Gasteiger partial charge in [-0.25, -0.2) is 4.98 Å². The number of carbonyl (C=O) groups is 2. The Hall–Kier alpha value is -2.69. The second-order valence-electron chi connectivity index (χ2n) is 4.94. The average Bonchev–Trinajstić information content (AvgIpc) is 2.97. The van der Waals surface area contributed by atoms with Crippen molar-refractivity contribution in [1.82, 2.24) is 9.55 Å². The van der Waals surface area contributed by atoms with Crippen LogP contribution in [0.25, 0.3) is 6.08 Å². The third kappa shape index (κ3) is 5.36. The summed E-state index contributed by atoms with van der Waals surface area (Å²) in [5, 5.41) is 0. The third-order valence-electron chi connectivity index (χ3n) is 2.95. The molecule has 1 aromatic carbocycles. The molecule has 0 atom stereocenters. The maximum atomic E-state index is 11.2. The van der Waals surface area contributed by atoms with Gasteiger partial charge in [0, 0.05) is 18.9 Å². The van der Waals surface area contributed by atoms with E-state index in [1.54, 1.807) is 18.6 Å². The summed E-state index contributed by atoms with van der Waals surface area (Å²) in [5.41, 5.74) is 2.21. The lowest BCUT2D eigenvalue weighted by Gasteiger charge is -2.03. The molecule has 0 spiro atoms. The van der Waals surface area contributed by atoms with Crippen LogP contribution in [-0.4, -0.2) is 27.9 Å². The Kier molecular flexibility index (Phi) is 5.65. The number of ether oxygens (including phenoxy) is 1. The van der Waals surface area contributed by atoms with Crippen LogP contribution in [0, 0.1) is 0 Å². The number of hydrogen-bond donors (Lipinski definition) is 0. The first kappa shape index (κ1) is 15.7. The van der Waals surface area contributed by atoms with Crippen LogP contribution in [0.2, 0.25) is 0 Å². The number of aromatic nitrogens is 2. The van der Waals surface area contributed by atoms with Gasteiger partial charge in [0.15, 0.2) is 0 Å². The van der Waals surface area contributed by atoms with E-state index >= 15 is 0 Å². The minimum atomic E-state index is -0.493. The molecule has 5 nitrogen and oxygen atoms in total. The predicted molar refractivity (Wildman–Crippen MR) is 83.1 cm³/mol. The molecule has 0 N–H and O–H groups in total. The summed E-state index contributed by atoms with van der Waals surface area (Å²) in [4.78, 5) is 25.9. The van der Waals surface area contributed by atoms with Gasteiger partial charge in [-0.15, -0.1) is 0 Å². The smallest absolute Gasteiger partial charge is 0.313 e. The second-order valence-corrected chi connectivity index (χ2v) is 4.94. The van der Waals surface area contributed by atoms with E-state index in [4.69, 9.17) is 4.74 Å². The molecule has 0 aliphatic rings. The van der Waals surface area contributed by atoms with E-state index in [0.717, 1.165) is 12.1 Å². The molecule has 0 radical (unpaired) electrons. The molecule has 0 bridgehead atoms. The number of nitrogens with zero attached hydrogens (tertiary/aromatic N) is 2. The van der Waals surface area contributed by atoms with Gasteiger partial charge in [0.25, 0.3) is 0 Å². The normalized spacial score (nSPS) is 10.8. The lowest BCUT2D eigenvalue weighted by Crippen LogP contribution is -2.08. The molecular formula is C17H18N2O3. The van der Waals surface area contributed by atoms with Gasteiger partial charge in [-0.2, -0.15) is 0 Å². The number of esters is 1. The van der Waals surface area contributed by atoms with Crippen LogP contribution in [0.4, 0.5) is 0 Å². The van der Waals surface area contributed by atoms with Gasteiger partial charge in [-0.1, -0.05) is 30.3 Å². The number of ketones is 1. The average molecular weight is 298 g/mol. The van der Waals surface area contributed by atoms with Crippen LogP contribution in [0.1, 0.15) is 24.5 Å². The minimum absolute atomic E-state index is 0.170. The third-order valence-corrected chi connectivity index (χ3v) is 2.95. The first-order valence-electron chi connectivity index (χ1n) is 7.00. The SMILES string of the molecule is CC(=O)CC(=O)OC/C=C/c1ccc(Cn2ccnc2)cc1. The highest BCUT2D eigenvalue weighted by atomic mass is 16.5. The highest BCUT2D eigenvalue weighted by Gasteiger charge is 2.04. The summed E-state index contributed by atoms with van der Waals surface area (Å²) in [6.07, 6.45) is 8.92. The zero-order valence-corrected chi connectivity index (χ0v) is 12.4. The van der Waals surface area contributed by atoms with Crippen molar-refractivity contribution in [2.24, 2.45) is 0 Å². The van der Waals surface area contributed by atoms with Gasteiger partial charge < -0.3 is 9.30 Å². The summed E-state index contributed by atoms with van der Waals surface area (Å²) in [7, 11) is 0. The zero-order valence-electron chi connectivity index (χ0n) is 12.4. The predicted octanol–water partition coefficient (Wildman–Crippen LogP) is 2.47. The molecule has 0 saturated heterocycles. The van der Waals surface area contributed by atoms with Gasteiger partial charge in [0.1, 0.15) is 18.8 Å². The first-order valence-corrected chi connectivity index (χ1v) is 7.00. The molecule has 0 unspecified atom stereocenters. The number of Topliss-reactive ketones (excluding diaryl/α,β-unsaturated/α-hetero) is 1. The van der Waals surface area contributed by atoms with E-state index in [2.05, 4.69) is 4.98 Å². The Morgan fingerprint density at radius 1 is 1.27 bits per heavy atom. The van der Waals surface area contributed by atoms with E-state index in [9.17, 15) is 9.59 Å². The molecule has 5 heteroatoms. The molecule has 0 aliphatic carbocycles. The van der Waals surface area contributed by atoms with Crippen molar-refractivity contribution in [1.29, 1.82) is 0 Å². The summed E-state index contributed by atoms with van der Waals surface area (Å²) in [5.74, 6) is -0.685. The maximum absolute atomic E-state index is 11.2. The van der Waals surface area contributed by atoms with Crippen LogP contribution in [-0.2, 0) is 20.9 Å². The van der Waals surface area contributed by atoms with Gasteiger partial charge in [-0.05, 0) is 24.1 Å². The summed E-state index contributed by atoms with van der Waals surface area (Å²) in [6.45, 7) is 2.32. The molecule has 2 rings (SSSR count).